The van der Waals surface area contributed by atoms with E-state index in [1.807, 2.05) is 0 Å². The lowest BCUT2D eigenvalue weighted by atomic mass is 10.2. The molecule has 1 aromatic carbocycles. The number of sulfonamides is 1. The van der Waals surface area contributed by atoms with Crippen LogP contribution in [0.1, 0.15) is 19.4 Å². The smallest absolute Gasteiger partial charge is 0.241 e. The first-order chi connectivity index (χ1) is 9.27. The monoisotopic (exact) mass is 315 g/mol. The Hall–Kier alpha value is -1.51. The van der Waals surface area contributed by atoms with E-state index in [-0.39, 0.29) is 15.8 Å². The molecule has 0 radical (unpaired) electrons. The van der Waals surface area contributed by atoms with E-state index in [1.54, 1.807) is 6.92 Å². The van der Waals surface area contributed by atoms with Gasteiger partial charge in [-0.2, -0.15) is 4.72 Å². The Morgan fingerprint density at radius 2 is 1.90 bits per heavy atom. The van der Waals surface area contributed by atoms with Gasteiger partial charge in [0.1, 0.15) is 4.99 Å². The summed E-state index contributed by atoms with van der Waals surface area (Å²) in [5.41, 5.74) is 6.02. The maximum Gasteiger partial charge on any atom is 0.241 e. The third-order valence-corrected chi connectivity index (χ3v) is 4.32. The van der Waals surface area contributed by atoms with Crippen molar-refractivity contribution in [3.05, 3.63) is 29.8 Å². The van der Waals surface area contributed by atoms with Crippen molar-refractivity contribution >= 4 is 33.1 Å². The molecule has 0 spiro atoms. The number of rotatable bonds is 6. The molecule has 6 nitrogen and oxygen atoms in total. The lowest BCUT2D eigenvalue weighted by Crippen LogP contribution is -2.44. The number of amides is 1. The first-order valence-corrected chi connectivity index (χ1v) is 7.87. The average molecular weight is 315 g/mol. The minimum atomic E-state index is -3.76. The molecule has 1 aromatic rings. The maximum atomic E-state index is 12.1. The molecule has 4 N–H and O–H groups in total. The number of hydrogen-bond donors (Lipinski definition) is 3. The molecule has 0 aromatic heterocycles. The number of nitrogens with two attached hydrogens (primary N) is 1. The highest BCUT2D eigenvalue weighted by Crippen LogP contribution is 2.11. The molecule has 0 aliphatic carbocycles. The molecule has 20 heavy (non-hydrogen) atoms. The molecule has 0 saturated heterocycles. The Kier molecular flexibility index (Phi) is 5.61. The van der Waals surface area contributed by atoms with E-state index in [0.29, 0.717) is 12.1 Å². The molecule has 1 amide bonds. The average Bonchev–Trinajstić information content (AvgIpc) is 2.38. The summed E-state index contributed by atoms with van der Waals surface area (Å²) in [5, 5.41) is 2.54. The van der Waals surface area contributed by atoms with Crippen LogP contribution in [0.25, 0.3) is 0 Å². The summed E-state index contributed by atoms with van der Waals surface area (Å²) in [6.07, 6.45) is 0. The lowest BCUT2D eigenvalue weighted by molar-refractivity contribution is -0.122. The van der Waals surface area contributed by atoms with Crippen LogP contribution >= 0.6 is 12.2 Å². The zero-order chi connectivity index (χ0) is 15.3. The summed E-state index contributed by atoms with van der Waals surface area (Å²) in [7, 11) is -3.76. The summed E-state index contributed by atoms with van der Waals surface area (Å²) >= 11 is 4.79. The minimum absolute atomic E-state index is 0.0497. The second kappa shape index (κ2) is 6.78. The second-order valence-electron chi connectivity index (χ2n) is 4.13. The van der Waals surface area contributed by atoms with Gasteiger partial charge in [0.15, 0.2) is 0 Å². The fourth-order valence-electron chi connectivity index (χ4n) is 1.48. The standard InChI is InChI=1S/C12H17N3O3S2/c1-3-14-12(16)8(2)15-20(17,18)10-6-4-9(5-7-10)11(13)19/h4-8,15H,3H2,1-2H3,(H2,13,19)(H,14,16). The van der Waals surface area contributed by atoms with Crippen molar-refractivity contribution in [2.24, 2.45) is 5.73 Å². The van der Waals surface area contributed by atoms with Crippen LogP contribution in [0.4, 0.5) is 0 Å². The molecule has 0 saturated carbocycles. The van der Waals surface area contributed by atoms with Gasteiger partial charge in [-0.25, -0.2) is 8.42 Å². The van der Waals surface area contributed by atoms with Crippen LogP contribution in [0, 0.1) is 0 Å². The molecule has 0 aliphatic heterocycles. The van der Waals surface area contributed by atoms with Gasteiger partial charge in [-0.1, -0.05) is 24.4 Å². The van der Waals surface area contributed by atoms with Crippen molar-refractivity contribution < 1.29 is 13.2 Å². The second-order valence-corrected chi connectivity index (χ2v) is 6.28. The molecule has 1 rings (SSSR count). The van der Waals surface area contributed by atoms with Gasteiger partial charge in [0, 0.05) is 12.1 Å². The number of benzene rings is 1. The van der Waals surface area contributed by atoms with Gasteiger partial charge in [-0.3, -0.25) is 4.79 Å². The van der Waals surface area contributed by atoms with Crippen LogP contribution in [0.2, 0.25) is 0 Å². The lowest BCUT2D eigenvalue weighted by Gasteiger charge is -2.13. The number of carbonyl (C=O) groups excluding carboxylic acids is 1. The molecule has 1 atom stereocenters. The zero-order valence-electron chi connectivity index (χ0n) is 11.2. The van der Waals surface area contributed by atoms with Crippen LogP contribution in [0.5, 0.6) is 0 Å². The van der Waals surface area contributed by atoms with Crippen LogP contribution < -0.4 is 15.8 Å². The van der Waals surface area contributed by atoms with Crippen molar-refractivity contribution in [3.63, 3.8) is 0 Å². The summed E-state index contributed by atoms with van der Waals surface area (Å²) in [5.74, 6) is -0.379. The van der Waals surface area contributed by atoms with Crippen LogP contribution in [-0.2, 0) is 14.8 Å². The summed E-state index contributed by atoms with van der Waals surface area (Å²) in [4.78, 5) is 11.8. The Balaban J connectivity index is 2.88. The summed E-state index contributed by atoms with van der Waals surface area (Å²) in [6, 6.07) is 4.97. The Morgan fingerprint density at radius 1 is 1.35 bits per heavy atom. The molecule has 8 heteroatoms. The number of hydrogen-bond acceptors (Lipinski definition) is 4. The topological polar surface area (TPSA) is 101 Å². The highest BCUT2D eigenvalue weighted by atomic mass is 32.2. The predicted molar refractivity (Wildman–Crippen MR) is 80.8 cm³/mol. The highest BCUT2D eigenvalue weighted by Gasteiger charge is 2.21. The number of nitrogens with one attached hydrogen (secondary N) is 2. The molecule has 110 valence electrons. The normalized spacial score (nSPS) is 12.7. The minimum Gasteiger partial charge on any atom is -0.389 e. The summed E-state index contributed by atoms with van der Waals surface area (Å²) in [6.45, 7) is 3.67. The molecule has 0 fully saturated rings. The Bertz CT molecular complexity index is 597. The van der Waals surface area contributed by atoms with Gasteiger partial charge in [-0.15, -0.1) is 0 Å². The third-order valence-electron chi connectivity index (χ3n) is 2.53. The van der Waals surface area contributed by atoms with Gasteiger partial charge in [0.25, 0.3) is 0 Å². The van der Waals surface area contributed by atoms with E-state index in [2.05, 4.69) is 10.0 Å². The SMILES string of the molecule is CCNC(=O)C(C)NS(=O)(=O)c1ccc(C(N)=S)cc1. The van der Waals surface area contributed by atoms with Crippen LogP contribution in [0.3, 0.4) is 0 Å². The molecule has 0 heterocycles. The van der Waals surface area contributed by atoms with Gasteiger partial charge in [0.2, 0.25) is 15.9 Å². The highest BCUT2D eigenvalue weighted by molar-refractivity contribution is 7.89. The molecule has 1 unspecified atom stereocenters. The first kappa shape index (κ1) is 16.5. The van der Waals surface area contributed by atoms with Crippen LogP contribution in [0.15, 0.2) is 29.2 Å². The number of likely N-dealkylation sites (N-methyl/N-ethyl adjacent to an activating group) is 1. The van der Waals surface area contributed by atoms with Crippen molar-refractivity contribution in [1.29, 1.82) is 0 Å². The van der Waals surface area contributed by atoms with E-state index < -0.39 is 16.1 Å². The molecular formula is C12H17N3O3S2. The van der Waals surface area contributed by atoms with E-state index >= 15 is 0 Å². The Labute approximate surface area is 123 Å². The van der Waals surface area contributed by atoms with Crippen molar-refractivity contribution in [2.45, 2.75) is 24.8 Å². The predicted octanol–water partition coefficient (Wildman–Crippen LogP) is 0.124. The van der Waals surface area contributed by atoms with E-state index in [1.165, 1.54) is 31.2 Å². The van der Waals surface area contributed by atoms with Gasteiger partial charge >= 0.3 is 0 Å². The van der Waals surface area contributed by atoms with E-state index in [9.17, 15) is 13.2 Å². The van der Waals surface area contributed by atoms with Gasteiger partial charge in [0.05, 0.1) is 10.9 Å². The number of carbonyl (C=O) groups is 1. The maximum absolute atomic E-state index is 12.1. The van der Waals surface area contributed by atoms with Gasteiger partial charge < -0.3 is 11.1 Å². The molecule has 0 aliphatic rings. The van der Waals surface area contributed by atoms with Gasteiger partial charge in [-0.05, 0) is 26.0 Å². The zero-order valence-corrected chi connectivity index (χ0v) is 12.8. The number of thiocarbonyl (C=S) groups is 1. The largest absolute Gasteiger partial charge is 0.389 e. The first-order valence-electron chi connectivity index (χ1n) is 5.98. The third kappa shape index (κ3) is 4.26. The van der Waals surface area contributed by atoms with E-state index in [4.69, 9.17) is 18.0 Å². The summed E-state index contributed by atoms with van der Waals surface area (Å²) < 4.78 is 26.5. The fourth-order valence-corrected chi connectivity index (χ4v) is 2.82. The quantitative estimate of drug-likeness (QED) is 0.648. The van der Waals surface area contributed by atoms with Crippen molar-refractivity contribution in [3.8, 4) is 0 Å². The van der Waals surface area contributed by atoms with Crippen molar-refractivity contribution in [2.75, 3.05) is 6.54 Å². The van der Waals surface area contributed by atoms with E-state index in [0.717, 1.165) is 0 Å². The molecular weight excluding hydrogens is 298 g/mol. The fraction of sp³-hybridized carbons (Fsp3) is 0.333. The van der Waals surface area contributed by atoms with Crippen LogP contribution in [-0.4, -0.2) is 31.9 Å². The Morgan fingerprint density at radius 3 is 2.35 bits per heavy atom. The molecule has 0 bridgehead atoms. The van der Waals surface area contributed by atoms with Crippen molar-refractivity contribution in [1.82, 2.24) is 10.0 Å².